The molecule has 0 fully saturated rings. The van der Waals surface area contributed by atoms with Crippen LogP contribution in [0.2, 0.25) is 5.02 Å². The van der Waals surface area contributed by atoms with E-state index in [1.54, 1.807) is 6.07 Å². The van der Waals surface area contributed by atoms with E-state index in [-0.39, 0.29) is 23.1 Å². The van der Waals surface area contributed by atoms with Crippen LogP contribution in [-0.4, -0.2) is 12.5 Å². The first-order valence-corrected chi connectivity index (χ1v) is 7.24. The van der Waals surface area contributed by atoms with Crippen LogP contribution in [0.5, 0.6) is 5.75 Å². The first kappa shape index (κ1) is 16.3. The van der Waals surface area contributed by atoms with Crippen molar-refractivity contribution >= 4 is 39.1 Å². The SMILES string of the molecule is N#Cc1ccc(OCC(=O)Nc2ccc(Br)cc2F)c(Cl)c1. The lowest BCUT2D eigenvalue weighted by molar-refractivity contribution is -0.118. The molecule has 0 aliphatic heterocycles. The van der Waals surface area contributed by atoms with Crippen molar-refractivity contribution in [1.82, 2.24) is 0 Å². The Bertz CT molecular complexity index is 762. The van der Waals surface area contributed by atoms with Gasteiger partial charge in [0.25, 0.3) is 5.91 Å². The van der Waals surface area contributed by atoms with Crippen LogP contribution in [0.25, 0.3) is 0 Å². The number of halogens is 3. The summed E-state index contributed by atoms with van der Waals surface area (Å²) in [5, 5.41) is 11.3. The Morgan fingerprint density at radius 1 is 1.36 bits per heavy atom. The number of hydrogen-bond acceptors (Lipinski definition) is 3. The quantitative estimate of drug-likeness (QED) is 0.863. The van der Waals surface area contributed by atoms with E-state index in [0.717, 1.165) is 0 Å². The molecular formula is C15H9BrClFN2O2. The van der Waals surface area contributed by atoms with Gasteiger partial charge in [-0.05, 0) is 36.4 Å². The topological polar surface area (TPSA) is 62.1 Å². The predicted molar refractivity (Wildman–Crippen MR) is 84.4 cm³/mol. The Balaban J connectivity index is 1.97. The number of anilines is 1. The fourth-order valence-electron chi connectivity index (χ4n) is 1.61. The van der Waals surface area contributed by atoms with Gasteiger partial charge in [0.15, 0.2) is 6.61 Å². The molecule has 0 atom stereocenters. The van der Waals surface area contributed by atoms with Crippen molar-refractivity contribution in [3.05, 3.63) is 57.3 Å². The number of benzene rings is 2. The zero-order chi connectivity index (χ0) is 16.1. The number of amides is 1. The highest BCUT2D eigenvalue weighted by Crippen LogP contribution is 2.25. The van der Waals surface area contributed by atoms with Gasteiger partial charge in [-0.2, -0.15) is 5.26 Å². The van der Waals surface area contributed by atoms with Crippen LogP contribution in [0.15, 0.2) is 40.9 Å². The molecule has 22 heavy (non-hydrogen) atoms. The molecule has 2 aromatic rings. The Morgan fingerprint density at radius 3 is 2.77 bits per heavy atom. The molecule has 1 N–H and O–H groups in total. The number of ether oxygens (including phenoxy) is 1. The third-order valence-corrected chi connectivity index (χ3v) is 3.41. The van der Waals surface area contributed by atoms with Gasteiger partial charge in [-0.3, -0.25) is 4.79 Å². The highest BCUT2D eigenvalue weighted by Gasteiger charge is 2.10. The molecule has 0 spiro atoms. The summed E-state index contributed by atoms with van der Waals surface area (Å²) < 4.78 is 19.4. The number of rotatable bonds is 4. The maximum Gasteiger partial charge on any atom is 0.262 e. The Morgan fingerprint density at radius 2 is 2.14 bits per heavy atom. The fraction of sp³-hybridized carbons (Fsp3) is 0.0667. The van der Waals surface area contributed by atoms with Crippen molar-refractivity contribution in [2.75, 3.05) is 11.9 Å². The smallest absolute Gasteiger partial charge is 0.262 e. The van der Waals surface area contributed by atoms with E-state index < -0.39 is 11.7 Å². The molecule has 2 rings (SSSR count). The van der Waals surface area contributed by atoms with Gasteiger partial charge < -0.3 is 10.1 Å². The van der Waals surface area contributed by atoms with E-state index in [1.165, 1.54) is 30.3 Å². The number of nitrogens with zero attached hydrogens (tertiary/aromatic N) is 1. The first-order chi connectivity index (χ1) is 10.5. The number of carbonyl (C=O) groups excluding carboxylic acids is 1. The van der Waals surface area contributed by atoms with Crippen molar-refractivity contribution in [1.29, 1.82) is 5.26 Å². The second-order valence-electron chi connectivity index (χ2n) is 4.22. The van der Waals surface area contributed by atoms with E-state index in [2.05, 4.69) is 21.2 Å². The van der Waals surface area contributed by atoms with Gasteiger partial charge in [-0.25, -0.2) is 4.39 Å². The lowest BCUT2D eigenvalue weighted by Crippen LogP contribution is -2.20. The van der Waals surface area contributed by atoms with E-state index in [4.69, 9.17) is 21.6 Å². The molecule has 0 bridgehead atoms. The molecule has 0 unspecified atom stereocenters. The summed E-state index contributed by atoms with van der Waals surface area (Å²) in [6.45, 7) is -0.332. The molecule has 0 saturated heterocycles. The third-order valence-electron chi connectivity index (χ3n) is 2.62. The van der Waals surface area contributed by atoms with E-state index in [1.807, 2.05) is 6.07 Å². The van der Waals surface area contributed by atoms with E-state index in [9.17, 15) is 9.18 Å². The molecular weight excluding hydrogens is 375 g/mol. The average molecular weight is 384 g/mol. The molecule has 0 saturated carbocycles. The summed E-state index contributed by atoms with van der Waals surface area (Å²) >= 11 is 9.05. The first-order valence-electron chi connectivity index (χ1n) is 6.07. The summed E-state index contributed by atoms with van der Waals surface area (Å²) in [7, 11) is 0. The highest BCUT2D eigenvalue weighted by atomic mass is 79.9. The van der Waals surface area contributed by atoms with E-state index in [0.29, 0.717) is 10.0 Å². The number of nitriles is 1. The zero-order valence-corrected chi connectivity index (χ0v) is 13.4. The number of hydrogen-bond donors (Lipinski definition) is 1. The molecule has 4 nitrogen and oxygen atoms in total. The van der Waals surface area contributed by atoms with Crippen LogP contribution in [0.4, 0.5) is 10.1 Å². The second-order valence-corrected chi connectivity index (χ2v) is 5.54. The molecule has 0 radical (unpaired) electrons. The minimum Gasteiger partial charge on any atom is -0.482 e. The summed E-state index contributed by atoms with van der Waals surface area (Å²) in [6.07, 6.45) is 0. The Labute approximate surface area is 139 Å². The lowest BCUT2D eigenvalue weighted by Gasteiger charge is -2.09. The monoisotopic (exact) mass is 382 g/mol. The van der Waals surface area contributed by atoms with Gasteiger partial charge in [0.2, 0.25) is 0 Å². The zero-order valence-electron chi connectivity index (χ0n) is 11.1. The average Bonchev–Trinajstić information content (AvgIpc) is 2.48. The van der Waals surface area contributed by atoms with Gasteiger partial charge >= 0.3 is 0 Å². The van der Waals surface area contributed by atoms with Gasteiger partial charge in [0.1, 0.15) is 11.6 Å². The maximum absolute atomic E-state index is 13.6. The van der Waals surface area contributed by atoms with Crippen LogP contribution in [0.1, 0.15) is 5.56 Å². The van der Waals surface area contributed by atoms with Crippen molar-refractivity contribution in [2.24, 2.45) is 0 Å². The Kier molecular flexibility index (Phi) is 5.36. The molecule has 1 amide bonds. The van der Waals surface area contributed by atoms with Crippen molar-refractivity contribution < 1.29 is 13.9 Å². The van der Waals surface area contributed by atoms with Crippen molar-refractivity contribution in [2.45, 2.75) is 0 Å². The maximum atomic E-state index is 13.6. The highest BCUT2D eigenvalue weighted by molar-refractivity contribution is 9.10. The largest absolute Gasteiger partial charge is 0.482 e. The van der Waals surface area contributed by atoms with Crippen LogP contribution in [0, 0.1) is 17.1 Å². The van der Waals surface area contributed by atoms with Gasteiger partial charge in [0.05, 0.1) is 22.3 Å². The molecule has 0 aliphatic rings. The van der Waals surface area contributed by atoms with Crippen molar-refractivity contribution in [3.63, 3.8) is 0 Å². The lowest BCUT2D eigenvalue weighted by atomic mass is 10.2. The fourth-order valence-corrected chi connectivity index (χ4v) is 2.18. The molecule has 7 heteroatoms. The predicted octanol–water partition coefficient (Wildman–Crippen LogP) is 4.13. The van der Waals surface area contributed by atoms with Crippen LogP contribution >= 0.6 is 27.5 Å². The van der Waals surface area contributed by atoms with Crippen molar-refractivity contribution in [3.8, 4) is 11.8 Å². The number of carbonyl (C=O) groups is 1. The third kappa shape index (κ3) is 4.20. The minimum atomic E-state index is -0.556. The standard InChI is InChI=1S/C15H9BrClFN2O2/c16-10-2-3-13(12(18)6-10)20-15(21)8-22-14-4-1-9(7-19)5-11(14)17/h1-6H,8H2,(H,20,21). The summed E-state index contributed by atoms with van der Waals surface area (Å²) in [5.74, 6) is -0.812. The van der Waals surface area contributed by atoms with Crippen LogP contribution in [-0.2, 0) is 4.79 Å². The normalized spacial score (nSPS) is 9.91. The molecule has 0 aliphatic carbocycles. The molecule has 2 aromatic carbocycles. The summed E-state index contributed by atoms with van der Waals surface area (Å²) in [5.41, 5.74) is 0.446. The second kappa shape index (κ2) is 7.25. The summed E-state index contributed by atoms with van der Waals surface area (Å²) in [4.78, 5) is 11.7. The van der Waals surface area contributed by atoms with Crippen LogP contribution in [0.3, 0.4) is 0 Å². The summed E-state index contributed by atoms with van der Waals surface area (Å²) in [6, 6.07) is 10.7. The van der Waals surface area contributed by atoms with Gasteiger partial charge in [-0.15, -0.1) is 0 Å². The molecule has 0 heterocycles. The van der Waals surface area contributed by atoms with Crippen LogP contribution < -0.4 is 10.1 Å². The van der Waals surface area contributed by atoms with Gasteiger partial charge in [0, 0.05) is 4.47 Å². The van der Waals surface area contributed by atoms with E-state index >= 15 is 0 Å². The number of nitrogens with one attached hydrogen (secondary N) is 1. The van der Waals surface area contributed by atoms with Gasteiger partial charge in [-0.1, -0.05) is 27.5 Å². The molecule has 0 aromatic heterocycles. The Hall–Kier alpha value is -2.10. The minimum absolute atomic E-state index is 0.0581. The molecule has 112 valence electrons.